The van der Waals surface area contributed by atoms with Gasteiger partial charge in [-0.3, -0.25) is 9.59 Å². The van der Waals surface area contributed by atoms with Crippen molar-refractivity contribution in [2.45, 2.75) is 52.7 Å². The normalized spacial score (nSPS) is 11.8. The van der Waals surface area contributed by atoms with Gasteiger partial charge in [-0.2, -0.15) is 0 Å². The molecule has 7 heteroatoms. The molecule has 0 fully saturated rings. The van der Waals surface area contributed by atoms with Crippen LogP contribution in [0.3, 0.4) is 0 Å². The first-order chi connectivity index (χ1) is 17.2. The summed E-state index contributed by atoms with van der Waals surface area (Å²) in [5.74, 6) is -0.582. The SMILES string of the molecule is Cc1cc(OCC(=O)N(Cc2ccccc2F)[C@H](Cc2ccccc2)C(=O)NC(C)C)cc(C)c1Br. The molecule has 3 aromatic rings. The second-order valence-electron chi connectivity index (χ2n) is 9.14. The summed E-state index contributed by atoms with van der Waals surface area (Å²) in [7, 11) is 0. The molecule has 5 nitrogen and oxygen atoms in total. The Morgan fingerprint density at radius 2 is 1.61 bits per heavy atom. The summed E-state index contributed by atoms with van der Waals surface area (Å²) in [6, 6.07) is 18.5. The molecule has 3 rings (SSSR count). The van der Waals surface area contributed by atoms with Gasteiger partial charge in [0.05, 0.1) is 0 Å². The highest BCUT2D eigenvalue weighted by atomic mass is 79.9. The second kappa shape index (κ2) is 12.7. The Hall–Kier alpha value is -3.19. The highest BCUT2D eigenvalue weighted by Crippen LogP contribution is 2.26. The summed E-state index contributed by atoms with van der Waals surface area (Å²) in [5.41, 5.74) is 3.20. The van der Waals surface area contributed by atoms with Crippen LogP contribution in [0, 0.1) is 19.7 Å². The van der Waals surface area contributed by atoms with Gasteiger partial charge in [0.25, 0.3) is 5.91 Å². The molecule has 0 bridgehead atoms. The minimum Gasteiger partial charge on any atom is -0.484 e. The average molecular weight is 555 g/mol. The fraction of sp³-hybridized carbons (Fsp3) is 0.310. The number of rotatable bonds is 10. The molecule has 0 heterocycles. The van der Waals surface area contributed by atoms with Gasteiger partial charge in [-0.25, -0.2) is 4.39 Å². The van der Waals surface area contributed by atoms with E-state index >= 15 is 0 Å². The summed E-state index contributed by atoms with van der Waals surface area (Å²) in [6.45, 7) is 7.28. The summed E-state index contributed by atoms with van der Waals surface area (Å²) >= 11 is 3.54. The fourth-order valence-electron chi connectivity index (χ4n) is 3.96. The summed E-state index contributed by atoms with van der Waals surface area (Å²) in [5, 5.41) is 2.92. The molecule has 0 unspecified atom stereocenters. The van der Waals surface area contributed by atoms with Crippen LogP contribution in [0.4, 0.5) is 4.39 Å². The number of nitrogens with one attached hydrogen (secondary N) is 1. The van der Waals surface area contributed by atoms with Crippen molar-refractivity contribution in [3.63, 3.8) is 0 Å². The first kappa shape index (κ1) is 27.4. The minimum atomic E-state index is -0.848. The van der Waals surface area contributed by atoms with Crippen molar-refractivity contribution in [1.82, 2.24) is 10.2 Å². The van der Waals surface area contributed by atoms with Crippen LogP contribution >= 0.6 is 15.9 Å². The van der Waals surface area contributed by atoms with Gasteiger partial charge < -0.3 is 15.0 Å². The topological polar surface area (TPSA) is 58.6 Å². The Bertz CT molecular complexity index is 1180. The Kier molecular flexibility index (Phi) is 9.65. The van der Waals surface area contributed by atoms with Crippen molar-refractivity contribution in [3.8, 4) is 5.75 Å². The fourth-order valence-corrected chi connectivity index (χ4v) is 4.19. The van der Waals surface area contributed by atoms with Crippen LogP contribution in [0.2, 0.25) is 0 Å². The van der Waals surface area contributed by atoms with Crippen molar-refractivity contribution in [1.29, 1.82) is 0 Å². The predicted octanol–water partition coefficient (Wildman–Crippen LogP) is 5.75. The van der Waals surface area contributed by atoms with Crippen LogP contribution < -0.4 is 10.1 Å². The van der Waals surface area contributed by atoms with E-state index in [9.17, 15) is 14.0 Å². The highest BCUT2D eigenvalue weighted by molar-refractivity contribution is 9.10. The lowest BCUT2D eigenvalue weighted by molar-refractivity contribution is -0.143. The van der Waals surface area contributed by atoms with Crippen LogP contribution in [0.5, 0.6) is 5.75 Å². The summed E-state index contributed by atoms with van der Waals surface area (Å²) in [6.07, 6.45) is 0.288. The van der Waals surface area contributed by atoms with Crippen molar-refractivity contribution < 1.29 is 18.7 Å². The number of hydrogen-bond donors (Lipinski definition) is 1. The van der Waals surface area contributed by atoms with Crippen molar-refractivity contribution in [2.24, 2.45) is 0 Å². The van der Waals surface area contributed by atoms with Gasteiger partial charge >= 0.3 is 0 Å². The Labute approximate surface area is 220 Å². The van der Waals surface area contributed by atoms with Gasteiger partial charge in [0, 0.05) is 29.0 Å². The largest absolute Gasteiger partial charge is 0.484 e. The maximum Gasteiger partial charge on any atom is 0.261 e. The van der Waals surface area contributed by atoms with E-state index in [1.165, 1.54) is 11.0 Å². The van der Waals surface area contributed by atoms with Crippen molar-refractivity contribution in [3.05, 3.63) is 99.3 Å². The number of carbonyl (C=O) groups excluding carboxylic acids is 2. The molecular formula is C29H32BrFN2O3. The molecule has 0 saturated carbocycles. The molecule has 0 aliphatic heterocycles. The third kappa shape index (κ3) is 7.40. The van der Waals surface area contributed by atoms with Gasteiger partial charge in [0.1, 0.15) is 17.6 Å². The van der Waals surface area contributed by atoms with Crippen LogP contribution in [-0.2, 0) is 22.6 Å². The standard InChI is InChI=1S/C29H32BrFN2O3/c1-19(2)32-29(35)26(16-22-10-6-5-7-11-22)33(17-23-12-8-9-13-25(23)31)27(34)18-36-24-14-20(3)28(30)21(4)15-24/h5-15,19,26H,16-18H2,1-4H3,(H,32,35)/t26-/m1/s1. The number of nitrogens with zero attached hydrogens (tertiary/aromatic N) is 1. The third-order valence-electron chi connectivity index (χ3n) is 5.77. The van der Waals surface area contributed by atoms with E-state index in [0.717, 1.165) is 21.2 Å². The van der Waals surface area contributed by atoms with Gasteiger partial charge in [0.2, 0.25) is 5.91 Å². The van der Waals surface area contributed by atoms with E-state index < -0.39 is 17.8 Å². The zero-order valence-electron chi connectivity index (χ0n) is 21.1. The quantitative estimate of drug-likeness (QED) is 0.347. The number of carbonyl (C=O) groups is 2. The number of benzene rings is 3. The molecule has 1 N–H and O–H groups in total. The van der Waals surface area contributed by atoms with Crippen LogP contribution in [-0.4, -0.2) is 35.4 Å². The van der Waals surface area contributed by atoms with Crippen LogP contribution in [0.1, 0.15) is 36.1 Å². The Morgan fingerprint density at radius 1 is 1.00 bits per heavy atom. The predicted molar refractivity (Wildman–Crippen MR) is 143 cm³/mol. The molecule has 2 amide bonds. The first-order valence-electron chi connectivity index (χ1n) is 11.9. The molecule has 0 saturated heterocycles. The number of halogens is 2. The summed E-state index contributed by atoms with van der Waals surface area (Å²) < 4.78 is 21.5. The van der Waals surface area contributed by atoms with Gasteiger partial charge in [-0.1, -0.05) is 64.5 Å². The highest BCUT2D eigenvalue weighted by Gasteiger charge is 2.31. The van der Waals surface area contributed by atoms with E-state index in [-0.39, 0.29) is 31.5 Å². The number of aryl methyl sites for hydroxylation is 2. The molecular weight excluding hydrogens is 523 g/mol. The summed E-state index contributed by atoms with van der Waals surface area (Å²) in [4.78, 5) is 28.3. The van der Waals surface area contributed by atoms with Gasteiger partial charge in [-0.05, 0) is 62.6 Å². The zero-order chi connectivity index (χ0) is 26.2. The minimum absolute atomic E-state index is 0.0593. The lowest BCUT2D eigenvalue weighted by Crippen LogP contribution is -2.53. The van der Waals surface area contributed by atoms with Crippen molar-refractivity contribution >= 4 is 27.7 Å². The monoisotopic (exact) mass is 554 g/mol. The average Bonchev–Trinajstić information content (AvgIpc) is 2.84. The maximum absolute atomic E-state index is 14.6. The lowest BCUT2D eigenvalue weighted by atomic mass is 10.0. The molecule has 1 atom stereocenters. The van der Waals surface area contributed by atoms with E-state index in [4.69, 9.17) is 4.74 Å². The maximum atomic E-state index is 14.6. The first-order valence-corrected chi connectivity index (χ1v) is 12.7. The molecule has 0 radical (unpaired) electrons. The Balaban J connectivity index is 1.93. The number of amides is 2. The lowest BCUT2D eigenvalue weighted by Gasteiger charge is -2.32. The molecule has 0 aromatic heterocycles. The zero-order valence-corrected chi connectivity index (χ0v) is 22.6. The van der Waals surface area contributed by atoms with E-state index in [1.54, 1.807) is 18.2 Å². The Morgan fingerprint density at radius 3 is 2.22 bits per heavy atom. The molecule has 190 valence electrons. The second-order valence-corrected chi connectivity index (χ2v) is 9.93. The van der Waals surface area contributed by atoms with Crippen molar-refractivity contribution in [2.75, 3.05) is 6.61 Å². The number of hydrogen-bond acceptors (Lipinski definition) is 3. The molecule has 3 aromatic carbocycles. The third-order valence-corrected chi connectivity index (χ3v) is 7.02. The molecule has 0 aliphatic carbocycles. The smallest absolute Gasteiger partial charge is 0.261 e. The number of ether oxygens (including phenoxy) is 1. The van der Waals surface area contributed by atoms with Crippen LogP contribution in [0.15, 0.2) is 71.2 Å². The van der Waals surface area contributed by atoms with Gasteiger partial charge in [0.15, 0.2) is 6.61 Å². The van der Waals surface area contributed by atoms with Crippen LogP contribution in [0.25, 0.3) is 0 Å². The molecule has 0 spiro atoms. The molecule has 36 heavy (non-hydrogen) atoms. The van der Waals surface area contributed by atoms with E-state index in [2.05, 4.69) is 21.2 Å². The molecule has 0 aliphatic rings. The van der Waals surface area contributed by atoms with E-state index in [0.29, 0.717) is 11.3 Å². The van der Waals surface area contributed by atoms with E-state index in [1.807, 2.05) is 70.2 Å². The van der Waals surface area contributed by atoms with Gasteiger partial charge in [-0.15, -0.1) is 0 Å².